The van der Waals surface area contributed by atoms with E-state index in [9.17, 15) is 9.59 Å². The Bertz CT molecular complexity index is 459. The molecule has 0 saturated carbocycles. The normalized spacial score (nSPS) is 11.9. The lowest BCUT2D eigenvalue weighted by molar-refractivity contribution is -0.137. The minimum absolute atomic E-state index is 0.0966. The molecule has 1 amide bonds. The second kappa shape index (κ2) is 8.32. The molecule has 20 heavy (non-hydrogen) atoms. The van der Waals surface area contributed by atoms with E-state index < -0.39 is 5.97 Å². The molecule has 1 aromatic rings. The number of nitrogens with one attached hydrogen (secondary N) is 1. The number of aryl methyl sites for hydroxylation is 1. The van der Waals surface area contributed by atoms with Gasteiger partial charge < -0.3 is 15.5 Å². The lowest BCUT2D eigenvalue weighted by Gasteiger charge is -2.11. The van der Waals surface area contributed by atoms with Crippen molar-refractivity contribution < 1.29 is 19.8 Å². The number of rotatable bonds is 8. The highest BCUT2D eigenvalue weighted by Gasteiger charge is 2.09. The van der Waals surface area contributed by atoms with Gasteiger partial charge in [-0.05, 0) is 43.9 Å². The Kier molecular flexibility index (Phi) is 6.73. The van der Waals surface area contributed by atoms with Gasteiger partial charge in [-0.1, -0.05) is 12.1 Å². The van der Waals surface area contributed by atoms with E-state index in [0.29, 0.717) is 12.0 Å². The van der Waals surface area contributed by atoms with E-state index in [1.165, 1.54) is 0 Å². The minimum atomic E-state index is -0.781. The largest absolute Gasteiger partial charge is 0.481 e. The van der Waals surface area contributed by atoms with Crippen LogP contribution in [-0.2, 0) is 11.2 Å². The molecule has 0 bridgehead atoms. The third kappa shape index (κ3) is 5.84. The molecule has 5 heteroatoms. The van der Waals surface area contributed by atoms with Gasteiger partial charge in [0, 0.05) is 18.0 Å². The van der Waals surface area contributed by atoms with Gasteiger partial charge in [-0.3, -0.25) is 9.59 Å². The molecule has 1 rings (SSSR count). The molecule has 3 N–H and O–H groups in total. The maximum atomic E-state index is 11.9. The highest BCUT2D eigenvalue weighted by Crippen LogP contribution is 2.10. The van der Waals surface area contributed by atoms with Gasteiger partial charge in [0.1, 0.15) is 0 Å². The van der Waals surface area contributed by atoms with Crippen molar-refractivity contribution in [1.82, 2.24) is 5.32 Å². The summed E-state index contributed by atoms with van der Waals surface area (Å²) in [6, 6.07) is 6.99. The number of hydrogen-bond acceptors (Lipinski definition) is 3. The van der Waals surface area contributed by atoms with Crippen LogP contribution in [0.4, 0.5) is 0 Å². The molecule has 5 nitrogen and oxygen atoms in total. The molecule has 110 valence electrons. The second-order valence-corrected chi connectivity index (χ2v) is 4.86. The van der Waals surface area contributed by atoms with E-state index in [4.69, 9.17) is 10.2 Å². The summed E-state index contributed by atoms with van der Waals surface area (Å²) in [6.45, 7) is 1.63. The molecule has 0 aromatic heterocycles. The Morgan fingerprint density at radius 3 is 2.70 bits per heavy atom. The van der Waals surface area contributed by atoms with Crippen LogP contribution < -0.4 is 5.32 Å². The minimum Gasteiger partial charge on any atom is -0.481 e. The molecular weight excluding hydrogens is 258 g/mol. The molecule has 1 unspecified atom stereocenters. The summed E-state index contributed by atoms with van der Waals surface area (Å²) in [7, 11) is 0. The Morgan fingerprint density at radius 1 is 1.30 bits per heavy atom. The van der Waals surface area contributed by atoms with Crippen LogP contribution in [0.3, 0.4) is 0 Å². The summed E-state index contributed by atoms with van der Waals surface area (Å²) < 4.78 is 0. The molecule has 0 fully saturated rings. The second-order valence-electron chi connectivity index (χ2n) is 4.86. The van der Waals surface area contributed by atoms with E-state index in [1.54, 1.807) is 19.1 Å². The molecule has 0 aliphatic heterocycles. The van der Waals surface area contributed by atoms with E-state index in [-0.39, 0.29) is 25.0 Å². The molecule has 0 aliphatic rings. The van der Waals surface area contributed by atoms with Gasteiger partial charge in [0.25, 0.3) is 5.91 Å². The number of amides is 1. The van der Waals surface area contributed by atoms with Crippen LogP contribution in [0, 0.1) is 0 Å². The Labute approximate surface area is 118 Å². The van der Waals surface area contributed by atoms with Crippen molar-refractivity contribution in [3.63, 3.8) is 0 Å². The zero-order chi connectivity index (χ0) is 15.0. The summed E-state index contributed by atoms with van der Waals surface area (Å²) in [5.41, 5.74) is 1.57. The van der Waals surface area contributed by atoms with Crippen LogP contribution >= 0.6 is 0 Å². The quantitative estimate of drug-likeness (QED) is 0.631. The van der Waals surface area contributed by atoms with E-state index in [1.807, 2.05) is 12.1 Å². The molecular formula is C15H21NO4. The molecule has 0 aliphatic carbocycles. The highest BCUT2D eigenvalue weighted by atomic mass is 16.4. The fourth-order valence-electron chi connectivity index (χ4n) is 1.83. The van der Waals surface area contributed by atoms with Crippen LogP contribution in [0.1, 0.15) is 42.1 Å². The summed E-state index contributed by atoms with van der Waals surface area (Å²) in [6.07, 6.45) is 2.34. The number of carboxylic acid groups (broad SMARTS) is 1. The Morgan fingerprint density at radius 2 is 2.05 bits per heavy atom. The number of aliphatic hydroxyl groups is 1. The first-order valence-corrected chi connectivity index (χ1v) is 6.75. The highest BCUT2D eigenvalue weighted by molar-refractivity contribution is 5.94. The Hall–Kier alpha value is -1.88. The van der Waals surface area contributed by atoms with Gasteiger partial charge in [0.2, 0.25) is 0 Å². The first-order chi connectivity index (χ1) is 9.52. The van der Waals surface area contributed by atoms with Gasteiger partial charge in [-0.15, -0.1) is 0 Å². The van der Waals surface area contributed by atoms with Crippen molar-refractivity contribution in [2.75, 3.05) is 6.61 Å². The number of unbranched alkanes of at least 4 members (excludes halogenated alkanes) is 1. The third-order valence-corrected chi connectivity index (χ3v) is 2.95. The molecule has 1 atom stereocenters. The SMILES string of the molecule is CC(CO)NC(=O)c1cccc(CCCCC(=O)O)c1. The van der Waals surface area contributed by atoms with Crippen LogP contribution in [0.25, 0.3) is 0 Å². The number of carboxylic acids is 1. The fraction of sp³-hybridized carbons (Fsp3) is 0.467. The van der Waals surface area contributed by atoms with Gasteiger partial charge >= 0.3 is 5.97 Å². The van der Waals surface area contributed by atoms with Crippen molar-refractivity contribution in [2.24, 2.45) is 0 Å². The van der Waals surface area contributed by atoms with Gasteiger partial charge in [-0.25, -0.2) is 0 Å². The number of carbonyl (C=O) groups excluding carboxylic acids is 1. The molecule has 0 heterocycles. The predicted molar refractivity (Wildman–Crippen MR) is 75.6 cm³/mol. The predicted octanol–water partition coefficient (Wildman–Crippen LogP) is 1.59. The maximum Gasteiger partial charge on any atom is 0.303 e. The average molecular weight is 279 g/mol. The molecule has 1 aromatic carbocycles. The van der Waals surface area contributed by atoms with Gasteiger partial charge in [0.05, 0.1) is 6.61 Å². The lowest BCUT2D eigenvalue weighted by Crippen LogP contribution is -2.34. The van der Waals surface area contributed by atoms with Crippen molar-refractivity contribution in [1.29, 1.82) is 0 Å². The van der Waals surface area contributed by atoms with Crippen LogP contribution in [0.2, 0.25) is 0 Å². The fourth-order valence-corrected chi connectivity index (χ4v) is 1.83. The van der Waals surface area contributed by atoms with Crippen molar-refractivity contribution >= 4 is 11.9 Å². The van der Waals surface area contributed by atoms with E-state index in [0.717, 1.165) is 18.4 Å². The van der Waals surface area contributed by atoms with Gasteiger partial charge in [-0.2, -0.15) is 0 Å². The zero-order valence-electron chi connectivity index (χ0n) is 11.6. The monoisotopic (exact) mass is 279 g/mol. The van der Waals surface area contributed by atoms with Crippen LogP contribution in [0.15, 0.2) is 24.3 Å². The molecule has 0 radical (unpaired) electrons. The first kappa shape index (κ1) is 16.2. The topological polar surface area (TPSA) is 86.6 Å². The number of aliphatic hydroxyl groups excluding tert-OH is 1. The maximum absolute atomic E-state index is 11.9. The summed E-state index contributed by atoms with van der Waals surface area (Å²) in [5.74, 6) is -0.991. The summed E-state index contributed by atoms with van der Waals surface area (Å²) >= 11 is 0. The number of benzene rings is 1. The zero-order valence-corrected chi connectivity index (χ0v) is 11.6. The van der Waals surface area contributed by atoms with Crippen molar-refractivity contribution in [2.45, 2.75) is 38.6 Å². The summed E-state index contributed by atoms with van der Waals surface area (Å²) in [4.78, 5) is 22.3. The standard InChI is InChI=1S/C15H21NO4/c1-11(10-17)16-15(20)13-7-4-6-12(9-13)5-2-3-8-14(18)19/h4,6-7,9,11,17H,2-3,5,8,10H2,1H3,(H,16,20)(H,18,19). The van der Waals surface area contributed by atoms with Crippen molar-refractivity contribution in [3.05, 3.63) is 35.4 Å². The Balaban J connectivity index is 2.52. The third-order valence-electron chi connectivity index (χ3n) is 2.95. The molecule has 0 saturated heterocycles. The number of hydrogen-bond donors (Lipinski definition) is 3. The van der Waals surface area contributed by atoms with E-state index in [2.05, 4.69) is 5.32 Å². The smallest absolute Gasteiger partial charge is 0.303 e. The number of aliphatic carboxylic acids is 1. The average Bonchev–Trinajstić information content (AvgIpc) is 2.43. The van der Waals surface area contributed by atoms with Gasteiger partial charge in [0.15, 0.2) is 0 Å². The van der Waals surface area contributed by atoms with Crippen LogP contribution in [0.5, 0.6) is 0 Å². The summed E-state index contributed by atoms with van der Waals surface area (Å²) in [5, 5.41) is 20.2. The number of carbonyl (C=O) groups is 2. The first-order valence-electron chi connectivity index (χ1n) is 6.75. The lowest BCUT2D eigenvalue weighted by atomic mass is 10.0. The molecule has 0 spiro atoms. The van der Waals surface area contributed by atoms with Crippen LogP contribution in [-0.4, -0.2) is 34.7 Å². The van der Waals surface area contributed by atoms with Crippen molar-refractivity contribution in [3.8, 4) is 0 Å². The van der Waals surface area contributed by atoms with E-state index >= 15 is 0 Å².